The molecule has 5 nitrogen and oxygen atoms in total. The lowest BCUT2D eigenvalue weighted by Crippen LogP contribution is -2.11. The quantitative estimate of drug-likeness (QED) is 0.815. The molecular formula is C13H20N2O3S. The molecule has 0 radical (unpaired) electrons. The number of amides is 1. The average Bonchev–Trinajstić information content (AvgIpc) is 2.68. The summed E-state index contributed by atoms with van der Waals surface area (Å²) in [7, 11) is 0. The largest absolute Gasteiger partial charge is 0.462 e. The molecule has 106 valence electrons. The van der Waals surface area contributed by atoms with Crippen molar-refractivity contribution in [3.63, 3.8) is 0 Å². The summed E-state index contributed by atoms with van der Waals surface area (Å²) in [6.45, 7) is 7.95. The lowest BCUT2D eigenvalue weighted by atomic mass is 10.1. The summed E-state index contributed by atoms with van der Waals surface area (Å²) in [5.74, 6) is 0.0249. The van der Waals surface area contributed by atoms with Gasteiger partial charge in [-0.3, -0.25) is 4.79 Å². The van der Waals surface area contributed by atoms with Gasteiger partial charge in [0.15, 0.2) is 5.13 Å². The van der Waals surface area contributed by atoms with E-state index in [1.165, 1.54) is 0 Å². The molecule has 0 aliphatic heterocycles. The molecule has 1 heterocycles. The summed E-state index contributed by atoms with van der Waals surface area (Å²) in [6, 6.07) is 0. The van der Waals surface area contributed by atoms with Gasteiger partial charge >= 0.3 is 5.97 Å². The van der Waals surface area contributed by atoms with Crippen molar-refractivity contribution in [1.82, 2.24) is 4.98 Å². The number of esters is 1. The third kappa shape index (κ3) is 4.98. The van der Waals surface area contributed by atoms with Crippen molar-refractivity contribution in [2.75, 3.05) is 11.9 Å². The van der Waals surface area contributed by atoms with E-state index in [9.17, 15) is 9.59 Å². The second-order valence-corrected chi connectivity index (χ2v) is 5.63. The summed E-state index contributed by atoms with van der Waals surface area (Å²) in [6.07, 6.45) is 1.30. The molecule has 1 rings (SSSR count). The third-order valence-corrected chi connectivity index (χ3v) is 3.51. The number of ether oxygens (including phenoxy) is 1. The molecule has 0 aromatic carbocycles. The Kier molecular flexibility index (Phi) is 5.95. The van der Waals surface area contributed by atoms with Crippen LogP contribution in [0.1, 0.15) is 49.0 Å². The van der Waals surface area contributed by atoms with Crippen molar-refractivity contribution in [3.05, 3.63) is 10.6 Å². The first-order chi connectivity index (χ1) is 8.93. The van der Waals surface area contributed by atoms with Crippen molar-refractivity contribution in [1.29, 1.82) is 0 Å². The Morgan fingerprint density at radius 2 is 2.11 bits per heavy atom. The zero-order valence-electron chi connectivity index (χ0n) is 11.8. The highest BCUT2D eigenvalue weighted by Gasteiger charge is 2.17. The number of hydrogen-bond donors (Lipinski definition) is 1. The van der Waals surface area contributed by atoms with Crippen LogP contribution in [0.5, 0.6) is 0 Å². The molecule has 1 aromatic rings. The first-order valence-corrected chi connectivity index (χ1v) is 7.20. The fourth-order valence-electron chi connectivity index (χ4n) is 1.44. The van der Waals surface area contributed by atoms with Gasteiger partial charge in [-0.2, -0.15) is 0 Å². The van der Waals surface area contributed by atoms with Crippen LogP contribution in [0.25, 0.3) is 0 Å². The molecule has 1 N–H and O–H groups in total. The first-order valence-electron chi connectivity index (χ1n) is 6.38. The molecule has 0 atom stereocenters. The van der Waals surface area contributed by atoms with Gasteiger partial charge in [-0.15, -0.1) is 0 Å². The van der Waals surface area contributed by atoms with Crippen LogP contribution < -0.4 is 5.32 Å². The number of aryl methyl sites for hydroxylation is 1. The average molecular weight is 284 g/mol. The van der Waals surface area contributed by atoms with E-state index in [1.807, 2.05) is 0 Å². The van der Waals surface area contributed by atoms with Gasteiger partial charge in [-0.25, -0.2) is 9.78 Å². The molecule has 0 unspecified atom stereocenters. The molecule has 19 heavy (non-hydrogen) atoms. The molecular weight excluding hydrogens is 264 g/mol. The molecule has 1 aromatic heterocycles. The lowest BCUT2D eigenvalue weighted by molar-refractivity contribution is -0.116. The van der Waals surface area contributed by atoms with E-state index in [-0.39, 0.29) is 11.9 Å². The van der Waals surface area contributed by atoms with Gasteiger partial charge in [-0.05, 0) is 26.2 Å². The van der Waals surface area contributed by atoms with Gasteiger partial charge in [0.2, 0.25) is 5.91 Å². The normalized spacial score (nSPS) is 10.6. The zero-order chi connectivity index (χ0) is 14.4. The van der Waals surface area contributed by atoms with Crippen molar-refractivity contribution >= 4 is 28.3 Å². The van der Waals surface area contributed by atoms with Gasteiger partial charge in [0.1, 0.15) is 4.88 Å². The van der Waals surface area contributed by atoms with Crippen molar-refractivity contribution in [2.45, 2.75) is 40.5 Å². The van der Waals surface area contributed by atoms with Crippen LogP contribution in [-0.4, -0.2) is 23.5 Å². The van der Waals surface area contributed by atoms with E-state index in [4.69, 9.17) is 4.74 Å². The van der Waals surface area contributed by atoms with E-state index in [0.717, 1.165) is 17.8 Å². The fraction of sp³-hybridized carbons (Fsp3) is 0.615. The van der Waals surface area contributed by atoms with Gasteiger partial charge in [0, 0.05) is 6.42 Å². The molecule has 1 amide bonds. The Hall–Kier alpha value is -1.43. The second kappa shape index (κ2) is 7.23. The second-order valence-electron chi connectivity index (χ2n) is 4.63. The Morgan fingerprint density at radius 3 is 2.68 bits per heavy atom. The minimum atomic E-state index is -0.389. The molecule has 0 aliphatic rings. The van der Waals surface area contributed by atoms with Gasteiger partial charge in [-0.1, -0.05) is 25.2 Å². The van der Waals surface area contributed by atoms with Crippen LogP contribution >= 0.6 is 11.3 Å². The minimum absolute atomic E-state index is 0.0714. The third-order valence-electron chi connectivity index (χ3n) is 2.45. The molecule has 0 fully saturated rings. The topological polar surface area (TPSA) is 68.3 Å². The molecule has 0 saturated carbocycles. The highest BCUT2D eigenvalue weighted by molar-refractivity contribution is 7.17. The van der Waals surface area contributed by atoms with Crippen molar-refractivity contribution in [2.24, 2.45) is 5.92 Å². The lowest BCUT2D eigenvalue weighted by Gasteiger charge is -2.03. The van der Waals surface area contributed by atoms with Crippen molar-refractivity contribution in [3.8, 4) is 0 Å². The van der Waals surface area contributed by atoms with E-state index < -0.39 is 0 Å². The van der Waals surface area contributed by atoms with Gasteiger partial charge in [0.05, 0.1) is 12.3 Å². The maximum absolute atomic E-state index is 11.7. The van der Waals surface area contributed by atoms with Crippen LogP contribution in [0.2, 0.25) is 0 Å². The highest BCUT2D eigenvalue weighted by atomic mass is 32.1. The predicted octanol–water partition coefficient (Wildman–Crippen LogP) is 3.00. The number of carbonyl (C=O) groups is 2. The van der Waals surface area contributed by atoms with Crippen LogP contribution in [-0.2, 0) is 9.53 Å². The fourth-order valence-corrected chi connectivity index (χ4v) is 2.31. The number of anilines is 1. The minimum Gasteiger partial charge on any atom is -0.462 e. The predicted molar refractivity (Wildman–Crippen MR) is 75.5 cm³/mol. The maximum Gasteiger partial charge on any atom is 0.350 e. The summed E-state index contributed by atoms with van der Waals surface area (Å²) in [5.41, 5.74) is 0.586. The maximum atomic E-state index is 11.7. The van der Waals surface area contributed by atoms with E-state index >= 15 is 0 Å². The monoisotopic (exact) mass is 284 g/mol. The number of aromatic nitrogens is 1. The Labute approximate surface area is 117 Å². The van der Waals surface area contributed by atoms with Crippen LogP contribution in [0, 0.1) is 12.8 Å². The number of rotatable bonds is 6. The standard InChI is InChI=1S/C13H20N2O3S/c1-5-18-12(17)11-9(4)14-13(19-11)15-10(16)7-6-8(2)3/h8H,5-7H2,1-4H3,(H,14,15,16). The summed E-state index contributed by atoms with van der Waals surface area (Å²) >= 11 is 1.15. The summed E-state index contributed by atoms with van der Waals surface area (Å²) < 4.78 is 4.92. The van der Waals surface area contributed by atoms with Crippen molar-refractivity contribution < 1.29 is 14.3 Å². The van der Waals surface area contributed by atoms with E-state index in [2.05, 4.69) is 24.1 Å². The molecule has 0 aliphatic carbocycles. The molecule has 0 bridgehead atoms. The molecule has 0 saturated heterocycles. The van der Waals surface area contributed by atoms with E-state index in [0.29, 0.717) is 34.6 Å². The summed E-state index contributed by atoms with van der Waals surface area (Å²) in [4.78, 5) is 27.9. The SMILES string of the molecule is CCOC(=O)c1sc(NC(=O)CCC(C)C)nc1C. The van der Waals surface area contributed by atoms with E-state index in [1.54, 1.807) is 13.8 Å². The number of nitrogens with one attached hydrogen (secondary N) is 1. The first kappa shape index (κ1) is 15.6. The van der Waals surface area contributed by atoms with Crippen LogP contribution in [0.15, 0.2) is 0 Å². The Bertz CT molecular complexity index is 455. The molecule has 0 spiro atoms. The van der Waals surface area contributed by atoms with Gasteiger partial charge < -0.3 is 10.1 Å². The Balaban J connectivity index is 2.63. The smallest absolute Gasteiger partial charge is 0.350 e. The summed E-state index contributed by atoms with van der Waals surface area (Å²) in [5, 5.41) is 3.17. The van der Waals surface area contributed by atoms with Gasteiger partial charge in [0.25, 0.3) is 0 Å². The molecule has 6 heteroatoms. The zero-order valence-corrected chi connectivity index (χ0v) is 12.6. The Morgan fingerprint density at radius 1 is 1.42 bits per heavy atom. The number of nitrogens with zero attached hydrogens (tertiary/aromatic N) is 1. The number of carbonyl (C=O) groups excluding carboxylic acids is 2. The highest BCUT2D eigenvalue weighted by Crippen LogP contribution is 2.23. The number of thiazole rings is 1. The van der Waals surface area contributed by atoms with Crippen LogP contribution in [0.4, 0.5) is 5.13 Å². The van der Waals surface area contributed by atoms with Crippen LogP contribution in [0.3, 0.4) is 0 Å². The number of hydrogen-bond acceptors (Lipinski definition) is 5.